The van der Waals surface area contributed by atoms with E-state index in [2.05, 4.69) is 5.32 Å². The van der Waals surface area contributed by atoms with E-state index >= 15 is 0 Å². The summed E-state index contributed by atoms with van der Waals surface area (Å²) in [6.45, 7) is 4.97. The van der Waals surface area contributed by atoms with Gasteiger partial charge in [-0.3, -0.25) is 9.59 Å². The smallest absolute Gasteiger partial charge is 0.255 e. The second-order valence-corrected chi connectivity index (χ2v) is 3.21. The quantitative estimate of drug-likeness (QED) is 0.788. The molecule has 0 bridgehead atoms. The van der Waals surface area contributed by atoms with Gasteiger partial charge in [0.25, 0.3) is 5.91 Å². The summed E-state index contributed by atoms with van der Waals surface area (Å²) in [4.78, 5) is 22.1. The van der Waals surface area contributed by atoms with Crippen LogP contribution < -0.4 is 5.32 Å². The van der Waals surface area contributed by atoms with Crippen molar-refractivity contribution in [2.24, 2.45) is 0 Å². The number of hydrogen-bond acceptors (Lipinski definition) is 3. The largest absolute Gasteiger partial charge is 0.466 e. The van der Waals surface area contributed by atoms with Gasteiger partial charge in [-0.25, -0.2) is 0 Å². The van der Waals surface area contributed by atoms with Crippen LogP contribution >= 0.6 is 0 Å². The minimum absolute atomic E-state index is 0.0580. The zero-order valence-corrected chi connectivity index (χ0v) is 8.51. The van der Waals surface area contributed by atoms with E-state index in [1.54, 1.807) is 19.9 Å². The van der Waals surface area contributed by atoms with Crippen LogP contribution in [-0.2, 0) is 4.79 Å². The first kappa shape index (κ1) is 10.5. The maximum atomic E-state index is 11.5. The summed E-state index contributed by atoms with van der Waals surface area (Å²) in [6, 6.07) is 1.66. The van der Waals surface area contributed by atoms with Gasteiger partial charge in [0.05, 0.1) is 12.1 Å². The first-order chi connectivity index (χ1) is 6.50. The van der Waals surface area contributed by atoms with Crippen molar-refractivity contribution in [3.05, 3.63) is 23.2 Å². The lowest BCUT2D eigenvalue weighted by Gasteiger charge is -2.00. The van der Waals surface area contributed by atoms with Crippen molar-refractivity contribution < 1.29 is 14.0 Å². The van der Waals surface area contributed by atoms with Crippen molar-refractivity contribution in [3.8, 4) is 0 Å². The van der Waals surface area contributed by atoms with Crippen LogP contribution in [0.2, 0.25) is 0 Å². The van der Waals surface area contributed by atoms with Gasteiger partial charge in [0.1, 0.15) is 17.3 Å². The molecule has 0 aliphatic carbocycles. The third-order valence-corrected chi connectivity index (χ3v) is 1.78. The fraction of sp³-hybridized carbons (Fsp3) is 0.400. The standard InChI is InChI=1S/C10H13NO3/c1-6(12)5-11-10(13)9-4-7(2)14-8(9)3/h4H,5H2,1-3H3,(H,11,13). The lowest BCUT2D eigenvalue weighted by atomic mass is 10.2. The highest BCUT2D eigenvalue weighted by Crippen LogP contribution is 2.12. The number of furan rings is 1. The predicted molar refractivity (Wildman–Crippen MR) is 51.2 cm³/mol. The molecule has 76 valence electrons. The minimum atomic E-state index is -0.269. The Balaban J connectivity index is 2.69. The minimum Gasteiger partial charge on any atom is -0.466 e. The van der Waals surface area contributed by atoms with E-state index in [0.717, 1.165) is 0 Å². The van der Waals surface area contributed by atoms with Crippen LogP contribution in [0.25, 0.3) is 0 Å². The Kier molecular flexibility index (Phi) is 3.06. The number of amides is 1. The van der Waals surface area contributed by atoms with Crippen LogP contribution in [0.3, 0.4) is 0 Å². The van der Waals surface area contributed by atoms with Gasteiger partial charge in [-0.1, -0.05) is 0 Å². The fourth-order valence-corrected chi connectivity index (χ4v) is 1.16. The Morgan fingerprint density at radius 2 is 2.07 bits per heavy atom. The van der Waals surface area contributed by atoms with Crippen molar-refractivity contribution in [1.29, 1.82) is 0 Å². The second-order valence-electron chi connectivity index (χ2n) is 3.21. The van der Waals surface area contributed by atoms with E-state index in [0.29, 0.717) is 17.1 Å². The molecule has 0 spiro atoms. The number of nitrogens with one attached hydrogen (secondary N) is 1. The van der Waals surface area contributed by atoms with Crippen molar-refractivity contribution >= 4 is 11.7 Å². The number of rotatable bonds is 3. The lowest BCUT2D eigenvalue weighted by molar-refractivity contribution is -0.116. The fourth-order valence-electron chi connectivity index (χ4n) is 1.16. The number of carbonyl (C=O) groups is 2. The third kappa shape index (κ3) is 2.45. The molecule has 0 unspecified atom stereocenters. The number of hydrogen-bond donors (Lipinski definition) is 1. The molecule has 1 aromatic heterocycles. The van der Waals surface area contributed by atoms with Crippen LogP contribution in [0.4, 0.5) is 0 Å². The molecule has 1 aromatic rings. The number of Topliss-reactive ketones (excluding diaryl/α,β-unsaturated/α-hetero) is 1. The SMILES string of the molecule is CC(=O)CNC(=O)c1cc(C)oc1C. The highest BCUT2D eigenvalue weighted by Gasteiger charge is 2.12. The Labute approximate surface area is 82.3 Å². The molecule has 0 aromatic carbocycles. The molecule has 1 N–H and O–H groups in total. The summed E-state index contributed by atoms with van der Waals surface area (Å²) in [6.07, 6.45) is 0. The molecule has 4 nitrogen and oxygen atoms in total. The summed E-state index contributed by atoms with van der Waals surface area (Å²) in [7, 11) is 0. The van der Waals surface area contributed by atoms with Gasteiger partial charge >= 0.3 is 0 Å². The first-order valence-electron chi connectivity index (χ1n) is 4.35. The van der Waals surface area contributed by atoms with Crippen LogP contribution in [0.5, 0.6) is 0 Å². The van der Waals surface area contributed by atoms with Gasteiger partial charge < -0.3 is 9.73 Å². The van der Waals surface area contributed by atoms with E-state index < -0.39 is 0 Å². The molecule has 0 atom stereocenters. The van der Waals surface area contributed by atoms with Gasteiger partial charge in [-0.05, 0) is 26.8 Å². The maximum Gasteiger partial charge on any atom is 0.255 e. The van der Waals surface area contributed by atoms with Crippen molar-refractivity contribution in [1.82, 2.24) is 5.32 Å². The highest BCUT2D eigenvalue weighted by atomic mass is 16.3. The van der Waals surface area contributed by atoms with Crippen molar-refractivity contribution in [2.75, 3.05) is 6.54 Å². The molecular formula is C10H13NO3. The Bertz CT molecular complexity index is 365. The molecule has 0 aliphatic rings. The summed E-state index contributed by atoms with van der Waals surface area (Å²) >= 11 is 0. The van der Waals surface area contributed by atoms with Gasteiger partial charge in [-0.2, -0.15) is 0 Å². The first-order valence-corrected chi connectivity index (χ1v) is 4.35. The van der Waals surface area contributed by atoms with Gasteiger partial charge in [0.2, 0.25) is 0 Å². The van der Waals surface area contributed by atoms with E-state index in [9.17, 15) is 9.59 Å². The van der Waals surface area contributed by atoms with Crippen LogP contribution in [0.15, 0.2) is 10.5 Å². The third-order valence-electron chi connectivity index (χ3n) is 1.78. The molecule has 1 rings (SSSR count). The average molecular weight is 195 g/mol. The molecule has 14 heavy (non-hydrogen) atoms. The van der Waals surface area contributed by atoms with Crippen molar-refractivity contribution in [2.45, 2.75) is 20.8 Å². The van der Waals surface area contributed by atoms with E-state index in [-0.39, 0.29) is 18.2 Å². The van der Waals surface area contributed by atoms with E-state index in [1.807, 2.05) is 0 Å². The summed E-state index contributed by atoms with van der Waals surface area (Å²) < 4.78 is 5.20. The van der Waals surface area contributed by atoms with Crippen LogP contribution in [0.1, 0.15) is 28.8 Å². The van der Waals surface area contributed by atoms with Gasteiger partial charge in [0, 0.05) is 0 Å². The zero-order chi connectivity index (χ0) is 10.7. The number of carbonyl (C=O) groups excluding carboxylic acids is 2. The molecule has 0 aliphatic heterocycles. The second kappa shape index (κ2) is 4.09. The molecule has 0 saturated heterocycles. The number of ketones is 1. The molecule has 0 saturated carbocycles. The van der Waals surface area contributed by atoms with Crippen molar-refractivity contribution in [3.63, 3.8) is 0 Å². The summed E-state index contributed by atoms with van der Waals surface area (Å²) in [5.41, 5.74) is 0.490. The van der Waals surface area contributed by atoms with Crippen LogP contribution in [-0.4, -0.2) is 18.2 Å². The lowest BCUT2D eigenvalue weighted by Crippen LogP contribution is -2.28. The molecule has 1 heterocycles. The van der Waals surface area contributed by atoms with E-state index in [1.165, 1.54) is 6.92 Å². The zero-order valence-electron chi connectivity index (χ0n) is 8.51. The molecule has 1 amide bonds. The molecular weight excluding hydrogens is 182 g/mol. The van der Waals surface area contributed by atoms with Crippen LogP contribution in [0, 0.1) is 13.8 Å². The van der Waals surface area contributed by atoms with E-state index in [4.69, 9.17) is 4.42 Å². The predicted octanol–water partition coefficient (Wildman–Crippen LogP) is 1.22. The summed E-state index contributed by atoms with van der Waals surface area (Å²) in [5.74, 6) is 0.921. The average Bonchev–Trinajstić information content (AvgIpc) is 2.41. The molecule has 0 fully saturated rings. The topological polar surface area (TPSA) is 59.3 Å². The summed E-state index contributed by atoms with van der Waals surface area (Å²) in [5, 5.41) is 2.50. The Hall–Kier alpha value is -1.58. The maximum absolute atomic E-state index is 11.5. The van der Waals surface area contributed by atoms with Gasteiger partial charge in [0.15, 0.2) is 0 Å². The Morgan fingerprint density at radius 3 is 2.50 bits per heavy atom. The van der Waals surface area contributed by atoms with Gasteiger partial charge in [-0.15, -0.1) is 0 Å². The monoisotopic (exact) mass is 195 g/mol. The highest BCUT2D eigenvalue weighted by molar-refractivity contribution is 5.97. The number of aryl methyl sites for hydroxylation is 2. The normalized spacial score (nSPS) is 9.93. The Morgan fingerprint density at radius 1 is 1.43 bits per heavy atom. The molecule has 4 heteroatoms. The molecule has 0 radical (unpaired) electrons.